The van der Waals surface area contributed by atoms with Crippen LogP contribution in [-0.4, -0.2) is 30.2 Å². The van der Waals surface area contributed by atoms with E-state index in [1.807, 2.05) is 6.92 Å². The predicted molar refractivity (Wildman–Crippen MR) is 75.6 cm³/mol. The largest absolute Gasteiger partial charge is 0.393 e. The topological polar surface area (TPSA) is 32.3 Å². The van der Waals surface area contributed by atoms with Crippen molar-refractivity contribution in [2.45, 2.75) is 25.9 Å². The summed E-state index contributed by atoms with van der Waals surface area (Å²) < 4.78 is 38.2. The van der Waals surface area contributed by atoms with Gasteiger partial charge in [-0.2, -0.15) is 13.2 Å². The summed E-state index contributed by atoms with van der Waals surface area (Å²) in [7, 11) is 0. The first-order valence-corrected chi connectivity index (χ1v) is 7.04. The van der Waals surface area contributed by atoms with Gasteiger partial charge in [0.05, 0.1) is 16.6 Å². The molecule has 1 heterocycles. The number of halogens is 4. The number of piperidine rings is 1. The van der Waals surface area contributed by atoms with Crippen LogP contribution in [0.2, 0.25) is 5.02 Å². The van der Waals surface area contributed by atoms with E-state index in [0.29, 0.717) is 23.7 Å². The van der Waals surface area contributed by atoms with Crippen molar-refractivity contribution in [3.8, 4) is 0 Å². The van der Waals surface area contributed by atoms with Gasteiger partial charge >= 0.3 is 12.2 Å². The zero-order valence-electron chi connectivity index (χ0n) is 11.5. The van der Waals surface area contributed by atoms with E-state index in [0.717, 1.165) is 5.56 Å². The first-order chi connectivity index (χ1) is 9.77. The molecule has 0 spiro atoms. The summed E-state index contributed by atoms with van der Waals surface area (Å²) in [4.78, 5) is 13.3. The second-order valence-electron chi connectivity index (χ2n) is 5.24. The summed E-state index contributed by atoms with van der Waals surface area (Å²) in [5.41, 5.74) is 1.34. The van der Waals surface area contributed by atoms with Gasteiger partial charge in [0, 0.05) is 13.1 Å². The number of carbonyl (C=O) groups excluding carboxylic acids is 1. The molecule has 0 bridgehead atoms. The minimum absolute atomic E-state index is 0.0680. The van der Waals surface area contributed by atoms with Crippen LogP contribution in [0.1, 0.15) is 18.4 Å². The molecule has 7 heteroatoms. The molecule has 0 unspecified atom stereocenters. The first-order valence-electron chi connectivity index (χ1n) is 6.66. The van der Waals surface area contributed by atoms with E-state index in [1.54, 1.807) is 18.2 Å². The summed E-state index contributed by atoms with van der Waals surface area (Å²) in [5.74, 6) is -1.45. The van der Waals surface area contributed by atoms with E-state index in [2.05, 4.69) is 5.32 Å². The molecule has 0 aliphatic carbocycles. The molecule has 2 rings (SSSR count). The van der Waals surface area contributed by atoms with Crippen LogP contribution in [0.25, 0.3) is 0 Å². The van der Waals surface area contributed by atoms with E-state index in [4.69, 9.17) is 11.6 Å². The quantitative estimate of drug-likeness (QED) is 0.814. The highest BCUT2D eigenvalue weighted by Crippen LogP contribution is 2.33. The van der Waals surface area contributed by atoms with Gasteiger partial charge in [0.2, 0.25) is 0 Å². The Kier molecular flexibility index (Phi) is 4.66. The number of rotatable bonds is 1. The van der Waals surface area contributed by atoms with Crippen molar-refractivity contribution in [1.29, 1.82) is 0 Å². The van der Waals surface area contributed by atoms with Gasteiger partial charge in [0.1, 0.15) is 0 Å². The van der Waals surface area contributed by atoms with Gasteiger partial charge in [-0.15, -0.1) is 0 Å². The molecule has 0 aromatic heterocycles. The molecule has 21 heavy (non-hydrogen) atoms. The lowest BCUT2D eigenvalue weighted by Crippen LogP contribution is -2.46. The van der Waals surface area contributed by atoms with Gasteiger partial charge in [-0.1, -0.05) is 17.7 Å². The van der Waals surface area contributed by atoms with Gasteiger partial charge < -0.3 is 10.2 Å². The first kappa shape index (κ1) is 15.9. The van der Waals surface area contributed by atoms with E-state index < -0.39 is 18.1 Å². The molecule has 1 saturated heterocycles. The Balaban J connectivity index is 2.03. The third kappa shape index (κ3) is 4.03. The Morgan fingerprint density at radius 1 is 1.43 bits per heavy atom. The molecule has 0 radical (unpaired) electrons. The van der Waals surface area contributed by atoms with Crippen LogP contribution < -0.4 is 5.32 Å². The lowest BCUT2D eigenvalue weighted by Gasteiger charge is -2.33. The van der Waals surface area contributed by atoms with Crippen LogP contribution >= 0.6 is 11.6 Å². The maximum absolute atomic E-state index is 12.7. The number of nitrogens with zero attached hydrogens (tertiary/aromatic N) is 1. The molecule has 1 aromatic rings. The smallest absolute Gasteiger partial charge is 0.324 e. The minimum atomic E-state index is -4.26. The Hall–Kier alpha value is -1.43. The molecule has 1 N–H and O–H groups in total. The monoisotopic (exact) mass is 320 g/mol. The number of carbonyl (C=O) groups is 1. The lowest BCUT2D eigenvalue weighted by atomic mass is 9.98. The highest BCUT2D eigenvalue weighted by molar-refractivity contribution is 6.33. The van der Waals surface area contributed by atoms with Crippen molar-refractivity contribution in [3.63, 3.8) is 0 Å². The van der Waals surface area contributed by atoms with Gasteiger partial charge in [0.15, 0.2) is 0 Å². The van der Waals surface area contributed by atoms with Gasteiger partial charge in [-0.3, -0.25) is 0 Å². The number of aryl methyl sites for hydroxylation is 1. The lowest BCUT2D eigenvalue weighted by molar-refractivity contribution is -0.183. The Morgan fingerprint density at radius 2 is 2.14 bits per heavy atom. The van der Waals surface area contributed by atoms with Crippen molar-refractivity contribution >= 4 is 23.3 Å². The summed E-state index contributed by atoms with van der Waals surface area (Å²) in [6, 6.07) is 4.55. The third-order valence-corrected chi connectivity index (χ3v) is 3.85. The zero-order chi connectivity index (χ0) is 15.6. The van der Waals surface area contributed by atoms with Crippen LogP contribution in [0.4, 0.5) is 23.7 Å². The molecule has 116 valence electrons. The fourth-order valence-corrected chi connectivity index (χ4v) is 2.63. The number of likely N-dealkylation sites (tertiary alicyclic amines) is 1. The highest BCUT2D eigenvalue weighted by Gasteiger charge is 2.42. The number of nitrogens with one attached hydrogen (secondary N) is 1. The van der Waals surface area contributed by atoms with Gasteiger partial charge in [0.25, 0.3) is 0 Å². The zero-order valence-corrected chi connectivity index (χ0v) is 12.3. The van der Waals surface area contributed by atoms with Crippen LogP contribution in [0.3, 0.4) is 0 Å². The Bertz CT molecular complexity index is 533. The fraction of sp³-hybridized carbons (Fsp3) is 0.500. The SMILES string of the molecule is Cc1ccc(NC(=O)N2CCC[C@@H](C(F)(F)F)C2)c(Cl)c1. The molecular formula is C14H16ClF3N2O. The molecular weight excluding hydrogens is 305 g/mol. The van der Waals surface area contributed by atoms with Crippen molar-refractivity contribution in [1.82, 2.24) is 4.90 Å². The number of hydrogen-bond acceptors (Lipinski definition) is 1. The molecule has 1 aromatic carbocycles. The Labute approximate surface area is 126 Å². The number of amides is 2. The molecule has 0 saturated carbocycles. The van der Waals surface area contributed by atoms with Crippen LogP contribution in [-0.2, 0) is 0 Å². The molecule has 3 nitrogen and oxygen atoms in total. The number of anilines is 1. The minimum Gasteiger partial charge on any atom is -0.324 e. The van der Waals surface area contributed by atoms with Gasteiger partial charge in [-0.05, 0) is 37.5 Å². The average molecular weight is 321 g/mol. The maximum atomic E-state index is 12.7. The third-order valence-electron chi connectivity index (χ3n) is 3.54. The number of hydrogen-bond donors (Lipinski definition) is 1. The van der Waals surface area contributed by atoms with Crippen molar-refractivity contribution < 1.29 is 18.0 Å². The normalized spacial score (nSPS) is 19.5. The predicted octanol–water partition coefficient (Wildman–Crippen LogP) is 4.45. The highest BCUT2D eigenvalue weighted by atomic mass is 35.5. The van der Waals surface area contributed by atoms with Crippen LogP contribution in [0, 0.1) is 12.8 Å². The summed E-state index contributed by atoms with van der Waals surface area (Å²) in [6.45, 7) is 1.87. The number of urea groups is 1. The van der Waals surface area contributed by atoms with Gasteiger partial charge in [-0.25, -0.2) is 4.79 Å². The van der Waals surface area contributed by atoms with Crippen LogP contribution in [0.15, 0.2) is 18.2 Å². The van der Waals surface area contributed by atoms with E-state index in [1.165, 1.54) is 4.90 Å². The van der Waals surface area contributed by atoms with Crippen molar-refractivity contribution in [2.75, 3.05) is 18.4 Å². The summed E-state index contributed by atoms with van der Waals surface area (Å²) in [6.07, 6.45) is -3.85. The average Bonchev–Trinajstić information content (AvgIpc) is 2.41. The van der Waals surface area contributed by atoms with Crippen molar-refractivity contribution in [3.05, 3.63) is 28.8 Å². The number of benzene rings is 1. The summed E-state index contributed by atoms with van der Waals surface area (Å²) >= 11 is 6.00. The number of alkyl halides is 3. The van der Waals surface area contributed by atoms with E-state index in [-0.39, 0.29) is 13.0 Å². The molecule has 1 atom stereocenters. The van der Waals surface area contributed by atoms with Crippen molar-refractivity contribution in [2.24, 2.45) is 5.92 Å². The molecule has 2 amide bonds. The van der Waals surface area contributed by atoms with Crippen LogP contribution in [0.5, 0.6) is 0 Å². The van der Waals surface area contributed by atoms with E-state index in [9.17, 15) is 18.0 Å². The fourth-order valence-electron chi connectivity index (χ4n) is 2.34. The van der Waals surface area contributed by atoms with E-state index >= 15 is 0 Å². The molecule has 1 aliphatic rings. The summed E-state index contributed by atoms with van der Waals surface area (Å²) in [5, 5.41) is 2.94. The molecule has 1 aliphatic heterocycles. The Morgan fingerprint density at radius 3 is 2.76 bits per heavy atom. The second kappa shape index (κ2) is 6.13. The molecule has 1 fully saturated rings. The standard InChI is InChI=1S/C14H16ClF3N2O/c1-9-4-5-12(11(15)7-9)19-13(21)20-6-2-3-10(8-20)14(16,17)18/h4-5,7,10H,2-3,6,8H2,1H3,(H,19,21)/t10-/m1/s1. The second-order valence-corrected chi connectivity index (χ2v) is 5.65. The maximum Gasteiger partial charge on any atom is 0.393 e.